The van der Waals surface area contributed by atoms with Crippen LogP contribution in [0.2, 0.25) is 0 Å². The van der Waals surface area contributed by atoms with Crippen LogP contribution in [0.25, 0.3) is 32.9 Å². The number of aliphatic hydroxyl groups is 1. The number of aromatic nitrogens is 4. The van der Waals surface area contributed by atoms with E-state index in [1.807, 2.05) is 29.3 Å². The number of nitrogens with one attached hydrogen (secondary N) is 3. The lowest BCUT2D eigenvalue weighted by molar-refractivity contribution is 0.0591. The van der Waals surface area contributed by atoms with E-state index in [0.717, 1.165) is 81.9 Å². The van der Waals surface area contributed by atoms with E-state index in [1.54, 1.807) is 25.8 Å². The molecule has 6 aromatic rings. The second-order valence-electron chi connectivity index (χ2n) is 12.4. The zero-order chi connectivity index (χ0) is 31.7. The van der Waals surface area contributed by atoms with E-state index in [9.17, 15) is 5.11 Å². The van der Waals surface area contributed by atoms with Crippen LogP contribution in [0.1, 0.15) is 19.4 Å². The van der Waals surface area contributed by atoms with Crippen molar-refractivity contribution < 1.29 is 5.11 Å². The summed E-state index contributed by atoms with van der Waals surface area (Å²) in [6.45, 7) is 10.3. The van der Waals surface area contributed by atoms with Gasteiger partial charge in [-0.25, -0.2) is 4.98 Å². The second-order valence-corrected chi connectivity index (χ2v) is 13.3. The first-order chi connectivity index (χ1) is 22.3. The van der Waals surface area contributed by atoms with Crippen LogP contribution in [0, 0.1) is 6.92 Å². The molecule has 0 spiro atoms. The molecule has 9 nitrogen and oxygen atoms in total. The predicted octanol–water partition coefficient (Wildman–Crippen LogP) is 7.00. The zero-order valence-corrected chi connectivity index (χ0v) is 27.1. The van der Waals surface area contributed by atoms with Crippen LogP contribution in [0.4, 0.5) is 22.9 Å². The summed E-state index contributed by atoms with van der Waals surface area (Å²) in [4.78, 5) is 13.1. The molecule has 4 N–H and O–H groups in total. The highest BCUT2D eigenvalue weighted by Crippen LogP contribution is 2.34. The van der Waals surface area contributed by atoms with E-state index in [0.29, 0.717) is 6.54 Å². The molecule has 1 aliphatic rings. The average Bonchev–Trinajstić information content (AvgIpc) is 3.47. The maximum atomic E-state index is 10.3. The summed E-state index contributed by atoms with van der Waals surface area (Å²) in [6, 6.07) is 25.2. The molecule has 3 aromatic heterocycles. The highest BCUT2D eigenvalue weighted by molar-refractivity contribution is 8.00. The summed E-state index contributed by atoms with van der Waals surface area (Å²) in [5.74, 6) is 0.748. The summed E-state index contributed by atoms with van der Waals surface area (Å²) in [5, 5.41) is 24.8. The molecule has 0 bridgehead atoms. The van der Waals surface area contributed by atoms with Gasteiger partial charge in [-0.3, -0.25) is 9.67 Å². The quantitative estimate of drug-likeness (QED) is 0.126. The van der Waals surface area contributed by atoms with Crippen LogP contribution < -0.4 is 20.3 Å². The molecule has 0 amide bonds. The van der Waals surface area contributed by atoms with Crippen molar-refractivity contribution >= 4 is 56.5 Å². The maximum Gasteiger partial charge on any atom is 0.130 e. The minimum Gasteiger partial charge on any atom is -0.389 e. The van der Waals surface area contributed by atoms with Crippen molar-refractivity contribution in [2.75, 3.05) is 41.1 Å². The van der Waals surface area contributed by atoms with E-state index in [-0.39, 0.29) is 0 Å². The standard InChI is InChI=1S/C36H38N8OS/c1-24-30(12-13-33-32(24)22-40-44(33)23-36(2,3)45)35-31-20-34(39-21-25(31)14-15-38-35)41-26-4-6-27(7-5-26)42-46-29-10-8-28(9-11-29)43-18-16-37-17-19-43/h4-15,20-22,37,42,45H,16-19,23H2,1-3H3,(H,39,41). The third kappa shape index (κ3) is 6.50. The van der Waals surface area contributed by atoms with Crippen LogP contribution in [0.3, 0.4) is 0 Å². The Morgan fingerprint density at radius 2 is 1.65 bits per heavy atom. The van der Waals surface area contributed by atoms with Gasteiger partial charge < -0.3 is 25.4 Å². The second kappa shape index (κ2) is 12.6. The summed E-state index contributed by atoms with van der Waals surface area (Å²) >= 11 is 1.61. The van der Waals surface area contributed by atoms with Crippen molar-refractivity contribution in [2.45, 2.75) is 37.8 Å². The molecule has 3 aromatic carbocycles. The SMILES string of the molecule is Cc1c(-c2nccc3cnc(Nc4ccc(NSc5ccc(N6CCNCC6)cc5)cc4)cc23)ccc2c1cnn2CC(C)(C)O. The van der Waals surface area contributed by atoms with Gasteiger partial charge in [-0.1, -0.05) is 6.07 Å². The van der Waals surface area contributed by atoms with Crippen LogP contribution in [0.5, 0.6) is 0 Å². The molecule has 1 aliphatic heterocycles. The highest BCUT2D eigenvalue weighted by Gasteiger charge is 2.18. The molecule has 0 unspecified atom stereocenters. The number of benzene rings is 3. The molecule has 1 fully saturated rings. The summed E-state index contributed by atoms with van der Waals surface area (Å²) in [6.07, 6.45) is 5.59. The first kappa shape index (κ1) is 30.0. The van der Waals surface area contributed by atoms with Gasteiger partial charge in [0.2, 0.25) is 0 Å². The molecule has 4 heterocycles. The van der Waals surface area contributed by atoms with Gasteiger partial charge in [0.1, 0.15) is 5.82 Å². The summed E-state index contributed by atoms with van der Waals surface area (Å²) in [5.41, 5.74) is 6.43. The smallest absolute Gasteiger partial charge is 0.130 e. The van der Waals surface area contributed by atoms with Crippen molar-refractivity contribution in [3.8, 4) is 11.3 Å². The van der Waals surface area contributed by atoms with Crippen molar-refractivity contribution in [1.29, 1.82) is 0 Å². The number of anilines is 4. The molecule has 0 atom stereocenters. The Bertz CT molecular complexity index is 1980. The maximum absolute atomic E-state index is 10.3. The van der Waals surface area contributed by atoms with Crippen LogP contribution in [-0.4, -0.2) is 56.6 Å². The third-order valence-corrected chi connectivity index (χ3v) is 9.14. The first-order valence-corrected chi connectivity index (χ1v) is 16.4. The van der Waals surface area contributed by atoms with E-state index in [2.05, 4.69) is 104 Å². The average molecular weight is 631 g/mol. The van der Waals surface area contributed by atoms with E-state index < -0.39 is 5.60 Å². The number of rotatable bonds is 9. The highest BCUT2D eigenvalue weighted by atomic mass is 32.2. The van der Waals surface area contributed by atoms with Crippen LogP contribution in [0.15, 0.2) is 96.3 Å². The fourth-order valence-electron chi connectivity index (χ4n) is 5.92. The predicted molar refractivity (Wildman–Crippen MR) is 190 cm³/mol. The van der Waals surface area contributed by atoms with Gasteiger partial charge in [0.25, 0.3) is 0 Å². The summed E-state index contributed by atoms with van der Waals surface area (Å²) < 4.78 is 5.32. The fourth-order valence-corrected chi connectivity index (χ4v) is 6.57. The number of nitrogens with zero attached hydrogens (tertiary/aromatic N) is 5. The van der Waals surface area contributed by atoms with Crippen LogP contribution in [-0.2, 0) is 6.54 Å². The van der Waals surface area contributed by atoms with Gasteiger partial charge in [0.05, 0.1) is 29.6 Å². The minimum absolute atomic E-state index is 0.420. The van der Waals surface area contributed by atoms with Crippen molar-refractivity contribution in [2.24, 2.45) is 0 Å². The van der Waals surface area contributed by atoms with E-state index in [4.69, 9.17) is 4.98 Å². The number of hydrogen-bond donors (Lipinski definition) is 4. The van der Waals surface area contributed by atoms with E-state index >= 15 is 0 Å². The number of piperazine rings is 1. The topological polar surface area (TPSA) is 103 Å². The largest absolute Gasteiger partial charge is 0.389 e. The van der Waals surface area contributed by atoms with E-state index in [1.165, 1.54) is 10.6 Å². The lowest BCUT2D eigenvalue weighted by atomic mass is 9.98. The molecule has 1 saturated heterocycles. The molecule has 0 radical (unpaired) electrons. The number of hydrogen-bond acceptors (Lipinski definition) is 9. The van der Waals surface area contributed by atoms with Gasteiger partial charge in [0.15, 0.2) is 0 Å². The zero-order valence-electron chi connectivity index (χ0n) is 26.3. The van der Waals surface area contributed by atoms with Gasteiger partial charge >= 0.3 is 0 Å². The monoisotopic (exact) mass is 630 g/mol. The van der Waals surface area contributed by atoms with Crippen LogP contribution >= 0.6 is 11.9 Å². The molecular formula is C36H38N8OS. The Morgan fingerprint density at radius 3 is 2.41 bits per heavy atom. The Hall–Kier alpha value is -4.64. The third-order valence-electron chi connectivity index (χ3n) is 8.30. The lowest BCUT2D eigenvalue weighted by Gasteiger charge is -2.29. The van der Waals surface area contributed by atoms with Gasteiger partial charge in [-0.05, 0) is 105 Å². The van der Waals surface area contributed by atoms with Crippen molar-refractivity contribution in [3.05, 3.63) is 97.0 Å². The number of aryl methyl sites for hydroxylation is 1. The van der Waals surface area contributed by atoms with Gasteiger partial charge in [-0.15, -0.1) is 0 Å². The van der Waals surface area contributed by atoms with Crippen molar-refractivity contribution in [1.82, 2.24) is 25.1 Å². The van der Waals surface area contributed by atoms with Gasteiger partial charge in [-0.2, -0.15) is 5.10 Å². The molecule has 234 valence electrons. The molecule has 0 aliphatic carbocycles. The molecule has 46 heavy (non-hydrogen) atoms. The fraction of sp³-hybridized carbons (Fsp3) is 0.250. The molecule has 10 heteroatoms. The minimum atomic E-state index is -0.854. The summed E-state index contributed by atoms with van der Waals surface area (Å²) in [7, 11) is 0. The lowest BCUT2D eigenvalue weighted by Crippen LogP contribution is -2.43. The molecular weight excluding hydrogens is 593 g/mol. The molecule has 7 rings (SSSR count). The van der Waals surface area contributed by atoms with Gasteiger partial charge in [0, 0.05) is 82.3 Å². The molecule has 0 saturated carbocycles. The Morgan fingerprint density at radius 1 is 0.891 bits per heavy atom. The van der Waals surface area contributed by atoms with Crippen molar-refractivity contribution in [3.63, 3.8) is 0 Å². The normalized spacial score (nSPS) is 13.8. The Labute approximate surface area is 273 Å². The number of pyridine rings is 2. The Balaban J connectivity index is 1.06. The first-order valence-electron chi connectivity index (χ1n) is 15.6. The Kier molecular flexibility index (Phi) is 8.25. The number of fused-ring (bicyclic) bond motifs is 2.